The van der Waals surface area contributed by atoms with Gasteiger partial charge in [-0.25, -0.2) is 0 Å². The number of aryl methyl sites for hydroxylation is 3. The normalized spacial score (nSPS) is 16.5. The number of hydrogen-bond donors (Lipinski definition) is 0. The van der Waals surface area contributed by atoms with E-state index in [1.807, 2.05) is 36.1 Å². The zero-order chi connectivity index (χ0) is 21.2. The van der Waals surface area contributed by atoms with Crippen molar-refractivity contribution < 1.29 is 9.32 Å². The summed E-state index contributed by atoms with van der Waals surface area (Å²) in [5, 5.41) is 4.15. The highest BCUT2D eigenvalue weighted by Crippen LogP contribution is 2.23. The van der Waals surface area contributed by atoms with Gasteiger partial charge in [-0.2, -0.15) is 4.98 Å². The van der Waals surface area contributed by atoms with Gasteiger partial charge in [0.05, 0.1) is 13.0 Å². The molecule has 31 heavy (non-hydrogen) atoms. The van der Waals surface area contributed by atoms with Gasteiger partial charge in [0, 0.05) is 31.7 Å². The molecule has 1 fully saturated rings. The molecule has 0 bridgehead atoms. The summed E-state index contributed by atoms with van der Waals surface area (Å²) in [5.41, 5.74) is 6.16. The van der Waals surface area contributed by atoms with Crippen LogP contribution in [0, 0.1) is 6.92 Å². The fourth-order valence-corrected chi connectivity index (χ4v) is 4.62. The average Bonchev–Trinajstić information content (AvgIpc) is 3.44. The minimum atomic E-state index is 0.220. The molecule has 3 aromatic rings. The molecule has 0 unspecified atom stereocenters. The standard InChI is InChI=1S/C25H28N4O2/c1-18-5-2-3-8-22(18)25-26-23(31-27-25)17-28-11-13-29(14-12-28)24(30)16-19-9-10-20-6-4-7-21(20)15-19/h2-3,5,8-10,15H,4,6-7,11-14,16-17H2,1H3. The van der Waals surface area contributed by atoms with E-state index in [0.717, 1.165) is 49.3 Å². The Morgan fingerprint density at radius 1 is 1.03 bits per heavy atom. The van der Waals surface area contributed by atoms with E-state index in [4.69, 9.17) is 4.52 Å². The molecule has 1 saturated heterocycles. The van der Waals surface area contributed by atoms with Crippen molar-refractivity contribution in [1.29, 1.82) is 0 Å². The molecule has 0 radical (unpaired) electrons. The Bertz CT molecular complexity index is 1080. The van der Waals surface area contributed by atoms with Crippen LogP contribution in [0.3, 0.4) is 0 Å². The number of benzene rings is 2. The number of nitrogens with zero attached hydrogens (tertiary/aromatic N) is 4. The van der Waals surface area contributed by atoms with E-state index in [1.165, 1.54) is 24.0 Å². The van der Waals surface area contributed by atoms with Gasteiger partial charge in [0.15, 0.2) is 0 Å². The lowest BCUT2D eigenvalue weighted by Crippen LogP contribution is -2.48. The van der Waals surface area contributed by atoms with Crippen LogP contribution in [0.2, 0.25) is 0 Å². The summed E-state index contributed by atoms with van der Waals surface area (Å²) in [6, 6.07) is 14.6. The van der Waals surface area contributed by atoms with Gasteiger partial charge in [-0.1, -0.05) is 47.6 Å². The number of rotatable bonds is 5. The van der Waals surface area contributed by atoms with Crippen molar-refractivity contribution in [2.75, 3.05) is 26.2 Å². The van der Waals surface area contributed by atoms with Crippen molar-refractivity contribution in [3.05, 3.63) is 70.6 Å². The van der Waals surface area contributed by atoms with Crippen LogP contribution in [0.4, 0.5) is 0 Å². The second kappa shape index (κ2) is 8.63. The van der Waals surface area contributed by atoms with Crippen molar-refractivity contribution in [2.24, 2.45) is 0 Å². The fourth-order valence-electron chi connectivity index (χ4n) is 4.62. The van der Waals surface area contributed by atoms with E-state index < -0.39 is 0 Å². The van der Waals surface area contributed by atoms with Gasteiger partial charge in [0.2, 0.25) is 17.6 Å². The molecule has 1 aliphatic carbocycles. The van der Waals surface area contributed by atoms with Crippen LogP contribution >= 0.6 is 0 Å². The molecule has 0 atom stereocenters. The summed E-state index contributed by atoms with van der Waals surface area (Å²) < 4.78 is 5.48. The van der Waals surface area contributed by atoms with Crippen molar-refractivity contribution >= 4 is 5.91 Å². The van der Waals surface area contributed by atoms with E-state index in [1.54, 1.807) is 0 Å². The summed E-state index contributed by atoms with van der Waals surface area (Å²) in [5.74, 6) is 1.48. The number of piperazine rings is 1. The van der Waals surface area contributed by atoms with E-state index in [0.29, 0.717) is 24.7 Å². The van der Waals surface area contributed by atoms with Crippen LogP contribution in [0.15, 0.2) is 47.0 Å². The minimum absolute atomic E-state index is 0.220. The summed E-state index contributed by atoms with van der Waals surface area (Å²) in [6.45, 7) is 5.78. The number of hydrogen-bond acceptors (Lipinski definition) is 5. The molecule has 6 heteroatoms. The Balaban J connectivity index is 1.14. The molecule has 0 N–H and O–H groups in total. The number of fused-ring (bicyclic) bond motifs is 1. The molecule has 1 aliphatic heterocycles. The number of aromatic nitrogens is 2. The third kappa shape index (κ3) is 4.39. The maximum Gasteiger partial charge on any atom is 0.241 e. The van der Waals surface area contributed by atoms with Crippen molar-refractivity contribution in [3.8, 4) is 11.4 Å². The lowest BCUT2D eigenvalue weighted by atomic mass is 10.0. The fraction of sp³-hybridized carbons (Fsp3) is 0.400. The minimum Gasteiger partial charge on any atom is -0.340 e. The Kier molecular flexibility index (Phi) is 5.55. The van der Waals surface area contributed by atoms with E-state index >= 15 is 0 Å². The topological polar surface area (TPSA) is 62.5 Å². The molecule has 6 nitrogen and oxygen atoms in total. The SMILES string of the molecule is Cc1ccccc1-c1noc(CN2CCN(C(=O)Cc3ccc4c(c3)CCC4)CC2)n1. The highest BCUT2D eigenvalue weighted by molar-refractivity contribution is 5.79. The van der Waals surface area contributed by atoms with Crippen molar-refractivity contribution in [3.63, 3.8) is 0 Å². The molecular weight excluding hydrogens is 388 g/mol. The summed E-state index contributed by atoms with van der Waals surface area (Å²) >= 11 is 0. The highest BCUT2D eigenvalue weighted by Gasteiger charge is 2.23. The van der Waals surface area contributed by atoms with Gasteiger partial charge in [-0.3, -0.25) is 9.69 Å². The lowest BCUT2D eigenvalue weighted by Gasteiger charge is -2.34. The first kappa shape index (κ1) is 19.9. The van der Waals surface area contributed by atoms with Crippen molar-refractivity contribution in [1.82, 2.24) is 19.9 Å². The van der Waals surface area contributed by atoms with Gasteiger partial charge >= 0.3 is 0 Å². The van der Waals surface area contributed by atoms with Crippen LogP contribution in [-0.2, 0) is 30.6 Å². The zero-order valence-corrected chi connectivity index (χ0v) is 18.0. The van der Waals surface area contributed by atoms with Crippen LogP contribution in [0.1, 0.15) is 34.6 Å². The first-order valence-corrected chi connectivity index (χ1v) is 11.1. The molecule has 2 aliphatic rings. The number of carbonyl (C=O) groups is 1. The molecule has 160 valence electrons. The molecular formula is C25H28N4O2. The van der Waals surface area contributed by atoms with Crippen LogP contribution in [-0.4, -0.2) is 52.0 Å². The van der Waals surface area contributed by atoms with Gasteiger partial charge in [-0.15, -0.1) is 0 Å². The molecule has 1 amide bonds. The monoisotopic (exact) mass is 416 g/mol. The third-order valence-electron chi connectivity index (χ3n) is 6.46. The Labute approximate surface area is 182 Å². The van der Waals surface area contributed by atoms with Gasteiger partial charge in [0.25, 0.3) is 0 Å². The molecule has 0 saturated carbocycles. The van der Waals surface area contributed by atoms with E-state index in [2.05, 4.69) is 33.2 Å². The predicted molar refractivity (Wildman–Crippen MR) is 118 cm³/mol. The highest BCUT2D eigenvalue weighted by atomic mass is 16.5. The van der Waals surface area contributed by atoms with Gasteiger partial charge in [0.1, 0.15) is 0 Å². The maximum atomic E-state index is 12.8. The quantitative estimate of drug-likeness (QED) is 0.638. The molecule has 2 heterocycles. The zero-order valence-electron chi connectivity index (χ0n) is 18.0. The van der Waals surface area contributed by atoms with E-state index in [-0.39, 0.29) is 5.91 Å². The summed E-state index contributed by atoms with van der Waals surface area (Å²) in [7, 11) is 0. The lowest BCUT2D eigenvalue weighted by molar-refractivity contribution is -0.132. The van der Waals surface area contributed by atoms with E-state index in [9.17, 15) is 4.79 Å². The smallest absolute Gasteiger partial charge is 0.241 e. The summed E-state index contributed by atoms with van der Waals surface area (Å²) in [4.78, 5) is 21.6. The van der Waals surface area contributed by atoms with Gasteiger partial charge < -0.3 is 9.42 Å². The van der Waals surface area contributed by atoms with Crippen molar-refractivity contribution in [2.45, 2.75) is 39.2 Å². The van der Waals surface area contributed by atoms with Gasteiger partial charge in [-0.05, 0) is 48.4 Å². The Morgan fingerprint density at radius 3 is 2.68 bits per heavy atom. The van der Waals surface area contributed by atoms with Crippen LogP contribution in [0.5, 0.6) is 0 Å². The molecule has 5 rings (SSSR count). The second-order valence-electron chi connectivity index (χ2n) is 8.62. The third-order valence-corrected chi connectivity index (χ3v) is 6.46. The second-order valence-corrected chi connectivity index (χ2v) is 8.62. The largest absolute Gasteiger partial charge is 0.340 e. The summed E-state index contributed by atoms with van der Waals surface area (Å²) in [6.07, 6.45) is 4.06. The first-order valence-electron chi connectivity index (χ1n) is 11.1. The average molecular weight is 417 g/mol. The Morgan fingerprint density at radius 2 is 1.84 bits per heavy atom. The Hall–Kier alpha value is -2.99. The number of amides is 1. The van der Waals surface area contributed by atoms with Crippen LogP contribution < -0.4 is 0 Å². The maximum absolute atomic E-state index is 12.8. The molecule has 2 aromatic carbocycles. The number of carbonyl (C=O) groups excluding carboxylic acids is 1. The van der Waals surface area contributed by atoms with Crippen LogP contribution in [0.25, 0.3) is 11.4 Å². The predicted octanol–water partition coefficient (Wildman–Crippen LogP) is 3.42. The molecule has 0 spiro atoms. The molecule has 1 aromatic heterocycles. The first-order chi connectivity index (χ1) is 15.2.